The Labute approximate surface area is 105 Å². The van der Waals surface area contributed by atoms with Crippen LogP contribution >= 0.6 is 11.8 Å². The fourth-order valence-electron chi connectivity index (χ4n) is 1.58. The molecule has 17 heavy (non-hydrogen) atoms. The summed E-state index contributed by atoms with van der Waals surface area (Å²) >= 11 is 1.58. The Hall–Kier alpha value is -1.68. The third-order valence-electron chi connectivity index (χ3n) is 2.45. The van der Waals surface area contributed by atoms with Gasteiger partial charge in [0.2, 0.25) is 0 Å². The number of benzene rings is 1. The quantitative estimate of drug-likeness (QED) is 0.815. The van der Waals surface area contributed by atoms with E-state index in [1.165, 1.54) is 0 Å². The summed E-state index contributed by atoms with van der Waals surface area (Å²) in [5.41, 5.74) is 1.73. The molecular weight excluding hydrogens is 232 g/mol. The number of hydrogen-bond acceptors (Lipinski definition) is 2. The number of thioether (sulfide) groups is 1. The standard InChI is InChI=1S/C13H14N2OS/c1-17-12-7-3-2-6-11(12)13(16)15-9-10-5-4-8-14-10/h2-8,14H,9H2,1H3,(H,15,16). The van der Waals surface area contributed by atoms with Crippen molar-refractivity contribution in [3.8, 4) is 0 Å². The number of hydrogen-bond donors (Lipinski definition) is 2. The minimum atomic E-state index is -0.0375. The van der Waals surface area contributed by atoms with Crippen LogP contribution in [-0.4, -0.2) is 17.1 Å². The topological polar surface area (TPSA) is 44.9 Å². The van der Waals surface area contributed by atoms with Crippen molar-refractivity contribution in [2.75, 3.05) is 6.26 Å². The van der Waals surface area contributed by atoms with E-state index >= 15 is 0 Å². The molecule has 2 rings (SSSR count). The third kappa shape index (κ3) is 2.91. The number of carbonyl (C=O) groups excluding carboxylic acids is 1. The van der Waals surface area contributed by atoms with Crippen molar-refractivity contribution in [2.24, 2.45) is 0 Å². The lowest BCUT2D eigenvalue weighted by Crippen LogP contribution is -2.23. The molecule has 1 aromatic heterocycles. The minimum Gasteiger partial charge on any atom is -0.364 e. The van der Waals surface area contributed by atoms with Gasteiger partial charge in [0.05, 0.1) is 12.1 Å². The van der Waals surface area contributed by atoms with E-state index in [4.69, 9.17) is 0 Å². The fourth-order valence-corrected chi connectivity index (χ4v) is 2.18. The molecule has 1 aromatic carbocycles. The molecule has 0 saturated carbocycles. The zero-order valence-electron chi connectivity index (χ0n) is 9.57. The lowest BCUT2D eigenvalue weighted by Gasteiger charge is -2.07. The Balaban J connectivity index is 2.04. The van der Waals surface area contributed by atoms with E-state index in [-0.39, 0.29) is 5.91 Å². The summed E-state index contributed by atoms with van der Waals surface area (Å²) in [7, 11) is 0. The predicted octanol–water partition coefficient (Wildman–Crippen LogP) is 2.67. The highest BCUT2D eigenvalue weighted by molar-refractivity contribution is 7.98. The normalized spacial score (nSPS) is 10.2. The SMILES string of the molecule is CSc1ccccc1C(=O)NCc1ccc[nH]1. The number of rotatable bonds is 4. The fraction of sp³-hybridized carbons (Fsp3) is 0.154. The van der Waals surface area contributed by atoms with Crippen LogP contribution in [0.1, 0.15) is 16.1 Å². The molecule has 0 atom stereocenters. The first kappa shape index (κ1) is 11.8. The molecule has 0 spiro atoms. The zero-order chi connectivity index (χ0) is 12.1. The van der Waals surface area contributed by atoms with Crippen LogP contribution in [0.25, 0.3) is 0 Å². The van der Waals surface area contributed by atoms with Crippen molar-refractivity contribution in [2.45, 2.75) is 11.4 Å². The van der Waals surface area contributed by atoms with Crippen LogP contribution in [0.2, 0.25) is 0 Å². The second-order valence-electron chi connectivity index (χ2n) is 3.58. The molecule has 0 bridgehead atoms. The van der Waals surface area contributed by atoms with E-state index in [0.29, 0.717) is 6.54 Å². The highest BCUT2D eigenvalue weighted by atomic mass is 32.2. The number of nitrogens with one attached hydrogen (secondary N) is 2. The van der Waals surface area contributed by atoms with Crippen LogP contribution in [-0.2, 0) is 6.54 Å². The lowest BCUT2D eigenvalue weighted by molar-refractivity contribution is 0.0947. The molecule has 1 amide bonds. The summed E-state index contributed by atoms with van der Waals surface area (Å²) < 4.78 is 0. The molecular formula is C13H14N2OS. The van der Waals surface area contributed by atoms with Gasteiger partial charge in [-0.25, -0.2) is 0 Å². The van der Waals surface area contributed by atoms with Crippen LogP contribution in [0.4, 0.5) is 0 Å². The van der Waals surface area contributed by atoms with Gasteiger partial charge in [-0.15, -0.1) is 11.8 Å². The maximum Gasteiger partial charge on any atom is 0.252 e. The van der Waals surface area contributed by atoms with Crippen molar-refractivity contribution >= 4 is 17.7 Å². The number of carbonyl (C=O) groups is 1. The average molecular weight is 246 g/mol. The first-order valence-corrected chi connectivity index (χ1v) is 6.57. The summed E-state index contributed by atoms with van der Waals surface area (Å²) in [6.07, 6.45) is 3.81. The summed E-state index contributed by atoms with van der Waals surface area (Å²) in [5, 5.41) is 2.89. The number of aromatic amines is 1. The molecule has 2 N–H and O–H groups in total. The van der Waals surface area contributed by atoms with Crippen LogP contribution in [0.3, 0.4) is 0 Å². The van der Waals surface area contributed by atoms with E-state index in [1.54, 1.807) is 11.8 Å². The predicted molar refractivity (Wildman–Crippen MR) is 70.2 cm³/mol. The summed E-state index contributed by atoms with van der Waals surface area (Å²) in [6, 6.07) is 11.5. The van der Waals surface area contributed by atoms with Gasteiger partial charge >= 0.3 is 0 Å². The highest BCUT2D eigenvalue weighted by Crippen LogP contribution is 2.19. The third-order valence-corrected chi connectivity index (χ3v) is 3.25. The van der Waals surface area contributed by atoms with Crippen molar-refractivity contribution in [3.05, 3.63) is 53.9 Å². The first-order chi connectivity index (χ1) is 8.31. The Morgan fingerprint density at radius 1 is 1.29 bits per heavy atom. The molecule has 3 nitrogen and oxygen atoms in total. The Kier molecular flexibility index (Phi) is 3.88. The smallest absolute Gasteiger partial charge is 0.252 e. The minimum absolute atomic E-state index is 0.0375. The second-order valence-corrected chi connectivity index (χ2v) is 4.43. The molecule has 0 radical (unpaired) electrons. The van der Waals surface area contributed by atoms with Gasteiger partial charge in [0, 0.05) is 16.8 Å². The maximum atomic E-state index is 12.0. The van der Waals surface area contributed by atoms with Gasteiger partial charge in [-0.05, 0) is 30.5 Å². The van der Waals surface area contributed by atoms with E-state index < -0.39 is 0 Å². The molecule has 4 heteroatoms. The van der Waals surface area contributed by atoms with Crippen molar-refractivity contribution in [3.63, 3.8) is 0 Å². The van der Waals surface area contributed by atoms with Crippen molar-refractivity contribution in [1.82, 2.24) is 10.3 Å². The average Bonchev–Trinajstić information content (AvgIpc) is 2.89. The van der Waals surface area contributed by atoms with Gasteiger partial charge in [0.25, 0.3) is 5.91 Å². The number of aromatic nitrogens is 1. The Morgan fingerprint density at radius 2 is 2.12 bits per heavy atom. The molecule has 0 unspecified atom stereocenters. The molecule has 0 fully saturated rings. The van der Waals surface area contributed by atoms with Crippen LogP contribution in [0.15, 0.2) is 47.5 Å². The van der Waals surface area contributed by atoms with Crippen LogP contribution < -0.4 is 5.32 Å². The van der Waals surface area contributed by atoms with Crippen molar-refractivity contribution < 1.29 is 4.79 Å². The summed E-state index contributed by atoms with van der Waals surface area (Å²) in [4.78, 5) is 16.0. The Morgan fingerprint density at radius 3 is 2.82 bits per heavy atom. The first-order valence-electron chi connectivity index (χ1n) is 5.34. The summed E-state index contributed by atoms with van der Waals surface area (Å²) in [5.74, 6) is -0.0375. The maximum absolute atomic E-state index is 12.0. The molecule has 1 heterocycles. The van der Waals surface area contributed by atoms with Gasteiger partial charge in [-0.2, -0.15) is 0 Å². The summed E-state index contributed by atoms with van der Waals surface area (Å²) in [6.45, 7) is 0.522. The van der Waals surface area contributed by atoms with E-state index in [9.17, 15) is 4.79 Å². The van der Waals surface area contributed by atoms with Crippen LogP contribution in [0, 0.1) is 0 Å². The van der Waals surface area contributed by atoms with Gasteiger partial charge in [0.15, 0.2) is 0 Å². The Bertz CT molecular complexity index is 494. The highest BCUT2D eigenvalue weighted by Gasteiger charge is 2.09. The largest absolute Gasteiger partial charge is 0.364 e. The molecule has 0 aliphatic heterocycles. The van der Waals surface area contributed by atoms with Gasteiger partial charge in [-0.3, -0.25) is 4.79 Å². The molecule has 2 aromatic rings. The van der Waals surface area contributed by atoms with Gasteiger partial charge in [0.1, 0.15) is 0 Å². The van der Waals surface area contributed by atoms with Crippen LogP contribution in [0.5, 0.6) is 0 Å². The number of amides is 1. The molecule has 0 saturated heterocycles. The second kappa shape index (κ2) is 5.59. The lowest BCUT2D eigenvalue weighted by atomic mass is 10.2. The zero-order valence-corrected chi connectivity index (χ0v) is 10.4. The molecule has 88 valence electrons. The monoisotopic (exact) mass is 246 g/mol. The van der Waals surface area contributed by atoms with Gasteiger partial charge in [-0.1, -0.05) is 12.1 Å². The molecule has 0 aliphatic rings. The molecule has 0 aliphatic carbocycles. The van der Waals surface area contributed by atoms with E-state index in [2.05, 4.69) is 10.3 Å². The van der Waals surface area contributed by atoms with Crippen molar-refractivity contribution in [1.29, 1.82) is 0 Å². The van der Waals surface area contributed by atoms with E-state index in [1.807, 2.05) is 48.9 Å². The number of H-pyrrole nitrogens is 1. The van der Waals surface area contributed by atoms with E-state index in [0.717, 1.165) is 16.2 Å². The van der Waals surface area contributed by atoms with Gasteiger partial charge < -0.3 is 10.3 Å².